The van der Waals surface area contributed by atoms with Crippen LogP contribution in [0.3, 0.4) is 0 Å². The van der Waals surface area contributed by atoms with Crippen molar-refractivity contribution in [2.24, 2.45) is 0 Å². The van der Waals surface area contributed by atoms with Crippen molar-refractivity contribution in [3.63, 3.8) is 0 Å². The third-order valence-corrected chi connectivity index (χ3v) is 7.59. The Balaban J connectivity index is 1.31. The van der Waals surface area contributed by atoms with Gasteiger partial charge in [0.05, 0.1) is 16.1 Å². The van der Waals surface area contributed by atoms with Crippen LogP contribution in [0.25, 0.3) is 11.4 Å². The third kappa shape index (κ3) is 4.40. The van der Waals surface area contributed by atoms with Crippen LogP contribution in [0.5, 0.6) is 0 Å². The largest absolute Gasteiger partial charge is 0.452 e. The molecular weight excluding hydrogens is 473 g/mol. The zero-order chi connectivity index (χ0) is 24.6. The summed E-state index contributed by atoms with van der Waals surface area (Å²) < 4.78 is 51.7. The summed E-state index contributed by atoms with van der Waals surface area (Å²) in [6, 6.07) is 18.4. The first-order valence-corrected chi connectivity index (χ1v) is 12.2. The molecule has 1 aliphatic heterocycles. The molecule has 0 radical (unpaired) electrons. The van der Waals surface area contributed by atoms with Crippen LogP contribution in [0.2, 0.25) is 0 Å². The summed E-state index contributed by atoms with van der Waals surface area (Å²) in [4.78, 5) is 16.8. The standard InChI is InChI=1S/C25H20FN3O5S/c1-16-13-18-5-2-3-8-22(18)29(16)35(31,32)21-7-4-6-19(14-21)25(30)33-15-23-27-24(28-34-23)17-9-11-20(26)12-10-17/h2-12,14,16H,13,15H2,1H3. The van der Waals surface area contributed by atoms with Crippen molar-refractivity contribution in [1.82, 2.24) is 10.1 Å². The number of benzene rings is 3. The van der Waals surface area contributed by atoms with E-state index in [4.69, 9.17) is 9.26 Å². The number of carbonyl (C=O) groups excluding carboxylic acids is 1. The molecule has 3 aromatic carbocycles. The predicted octanol–water partition coefficient (Wildman–Crippen LogP) is 4.37. The number of hydrogen-bond acceptors (Lipinski definition) is 7. The molecule has 0 spiro atoms. The quantitative estimate of drug-likeness (QED) is 0.368. The van der Waals surface area contributed by atoms with Gasteiger partial charge in [-0.05, 0) is 67.4 Å². The van der Waals surface area contributed by atoms with Crippen LogP contribution in [-0.4, -0.2) is 30.6 Å². The summed E-state index contributed by atoms with van der Waals surface area (Å²) >= 11 is 0. The van der Waals surface area contributed by atoms with E-state index in [1.165, 1.54) is 52.8 Å². The number of nitrogens with zero attached hydrogens (tertiary/aromatic N) is 3. The summed E-state index contributed by atoms with van der Waals surface area (Å²) in [6.07, 6.45) is 0.612. The predicted molar refractivity (Wildman–Crippen MR) is 125 cm³/mol. The SMILES string of the molecule is CC1Cc2ccccc2N1S(=O)(=O)c1cccc(C(=O)OCc2nc(-c3ccc(F)cc3)no2)c1. The van der Waals surface area contributed by atoms with Crippen molar-refractivity contribution in [2.45, 2.75) is 30.9 Å². The fraction of sp³-hybridized carbons (Fsp3) is 0.160. The summed E-state index contributed by atoms with van der Waals surface area (Å²) in [7, 11) is -3.90. The highest BCUT2D eigenvalue weighted by Gasteiger charge is 2.36. The van der Waals surface area contributed by atoms with Crippen LogP contribution >= 0.6 is 0 Å². The molecule has 0 saturated heterocycles. The van der Waals surface area contributed by atoms with E-state index < -0.39 is 16.0 Å². The number of hydrogen-bond donors (Lipinski definition) is 0. The molecule has 178 valence electrons. The summed E-state index contributed by atoms with van der Waals surface area (Å²) in [6.45, 7) is 1.54. The number of ether oxygens (including phenoxy) is 1. The van der Waals surface area contributed by atoms with Crippen LogP contribution in [0.4, 0.5) is 10.1 Å². The monoisotopic (exact) mass is 493 g/mol. The molecule has 10 heteroatoms. The molecule has 8 nitrogen and oxygen atoms in total. The van der Waals surface area contributed by atoms with E-state index in [1.807, 2.05) is 19.1 Å². The molecule has 0 N–H and O–H groups in total. The molecule has 1 atom stereocenters. The van der Waals surface area contributed by atoms with Gasteiger partial charge in [-0.3, -0.25) is 4.31 Å². The van der Waals surface area contributed by atoms with Crippen LogP contribution in [-0.2, 0) is 27.8 Å². The van der Waals surface area contributed by atoms with Gasteiger partial charge in [0, 0.05) is 11.6 Å². The lowest BCUT2D eigenvalue weighted by molar-refractivity contribution is 0.0429. The third-order valence-electron chi connectivity index (χ3n) is 5.67. The number of aromatic nitrogens is 2. The van der Waals surface area contributed by atoms with Crippen LogP contribution in [0.15, 0.2) is 82.2 Å². The topological polar surface area (TPSA) is 103 Å². The number of fused-ring (bicyclic) bond motifs is 1. The van der Waals surface area contributed by atoms with Gasteiger partial charge >= 0.3 is 5.97 Å². The maximum absolute atomic E-state index is 13.4. The van der Waals surface area contributed by atoms with Crippen molar-refractivity contribution >= 4 is 21.7 Å². The van der Waals surface area contributed by atoms with Gasteiger partial charge in [0.1, 0.15) is 5.82 Å². The first-order chi connectivity index (χ1) is 16.8. The Kier molecular flexibility index (Phi) is 5.81. The molecule has 1 aliphatic rings. The van der Waals surface area contributed by atoms with Gasteiger partial charge in [-0.1, -0.05) is 29.4 Å². The summed E-state index contributed by atoms with van der Waals surface area (Å²) in [5.74, 6) is -0.856. The molecule has 0 amide bonds. The van der Waals surface area contributed by atoms with Gasteiger partial charge in [-0.25, -0.2) is 17.6 Å². The van der Waals surface area contributed by atoms with Crippen molar-refractivity contribution in [1.29, 1.82) is 0 Å². The maximum Gasteiger partial charge on any atom is 0.338 e. The lowest BCUT2D eigenvalue weighted by Gasteiger charge is -2.24. The molecular formula is C25H20FN3O5S. The first kappa shape index (κ1) is 22.7. The van der Waals surface area contributed by atoms with E-state index in [0.717, 1.165) is 5.56 Å². The Morgan fingerprint density at radius 1 is 1.11 bits per heavy atom. The number of para-hydroxylation sites is 1. The number of esters is 1. The van der Waals surface area contributed by atoms with E-state index in [0.29, 0.717) is 17.7 Å². The zero-order valence-corrected chi connectivity index (χ0v) is 19.4. The summed E-state index contributed by atoms with van der Waals surface area (Å²) in [5, 5.41) is 3.80. The maximum atomic E-state index is 13.4. The first-order valence-electron chi connectivity index (χ1n) is 10.8. The average Bonchev–Trinajstić information content (AvgIpc) is 3.47. The molecule has 0 fully saturated rings. The number of rotatable bonds is 6. The fourth-order valence-corrected chi connectivity index (χ4v) is 5.78. The lowest BCUT2D eigenvalue weighted by atomic mass is 10.1. The zero-order valence-electron chi connectivity index (χ0n) is 18.6. The van der Waals surface area contributed by atoms with Gasteiger partial charge in [0.25, 0.3) is 15.9 Å². The number of carbonyl (C=O) groups is 1. The van der Waals surface area contributed by atoms with Gasteiger partial charge in [-0.2, -0.15) is 4.98 Å². The van der Waals surface area contributed by atoms with E-state index in [1.54, 1.807) is 12.1 Å². The Morgan fingerprint density at radius 2 is 1.89 bits per heavy atom. The van der Waals surface area contributed by atoms with Crippen LogP contribution < -0.4 is 4.31 Å². The molecule has 2 heterocycles. The van der Waals surface area contributed by atoms with E-state index in [2.05, 4.69) is 10.1 Å². The van der Waals surface area contributed by atoms with Crippen molar-refractivity contribution < 1.29 is 26.9 Å². The number of sulfonamides is 1. The number of halogens is 1. The Bertz CT molecular complexity index is 1500. The lowest BCUT2D eigenvalue weighted by Crippen LogP contribution is -2.35. The van der Waals surface area contributed by atoms with Gasteiger partial charge < -0.3 is 9.26 Å². The minimum absolute atomic E-state index is 0.00751. The molecule has 0 aliphatic carbocycles. The highest BCUT2D eigenvalue weighted by atomic mass is 32.2. The molecule has 0 saturated carbocycles. The van der Waals surface area contributed by atoms with Gasteiger partial charge in [-0.15, -0.1) is 0 Å². The second kappa shape index (κ2) is 8.95. The Morgan fingerprint density at radius 3 is 2.69 bits per heavy atom. The second-order valence-electron chi connectivity index (χ2n) is 8.11. The van der Waals surface area contributed by atoms with Gasteiger partial charge in [0.2, 0.25) is 5.82 Å². The van der Waals surface area contributed by atoms with Crippen LogP contribution in [0, 0.1) is 5.82 Å². The highest BCUT2D eigenvalue weighted by molar-refractivity contribution is 7.92. The molecule has 0 bridgehead atoms. The smallest absolute Gasteiger partial charge is 0.338 e. The second-order valence-corrected chi connectivity index (χ2v) is 9.92. The minimum Gasteiger partial charge on any atom is -0.452 e. The molecule has 5 rings (SSSR count). The molecule has 1 unspecified atom stereocenters. The Hall–Kier alpha value is -4.05. The van der Waals surface area contributed by atoms with Gasteiger partial charge in [0.15, 0.2) is 6.61 Å². The van der Waals surface area contributed by atoms with Crippen molar-refractivity contribution in [3.05, 3.63) is 95.6 Å². The van der Waals surface area contributed by atoms with Crippen molar-refractivity contribution in [3.8, 4) is 11.4 Å². The minimum atomic E-state index is -3.90. The van der Waals surface area contributed by atoms with Crippen molar-refractivity contribution in [2.75, 3.05) is 4.31 Å². The van der Waals surface area contributed by atoms with Crippen LogP contribution in [0.1, 0.15) is 28.7 Å². The Labute approximate surface area is 201 Å². The van der Waals surface area contributed by atoms with E-state index >= 15 is 0 Å². The fourth-order valence-electron chi connectivity index (χ4n) is 4.04. The normalized spacial score (nSPS) is 15.1. The average molecular weight is 494 g/mol. The summed E-state index contributed by atoms with van der Waals surface area (Å²) in [5.41, 5.74) is 2.22. The molecule has 4 aromatic rings. The molecule has 35 heavy (non-hydrogen) atoms. The molecule has 1 aromatic heterocycles. The van der Waals surface area contributed by atoms with E-state index in [9.17, 15) is 17.6 Å². The van der Waals surface area contributed by atoms with E-state index in [-0.39, 0.29) is 40.6 Å². The number of anilines is 1. The highest BCUT2D eigenvalue weighted by Crippen LogP contribution is 2.36.